The molecule has 2 spiro atoms. The first-order chi connectivity index (χ1) is 30.7. The number of carbonyl (C=O) groups excluding carboxylic acids is 4. The Bertz CT molecular complexity index is 2230. The molecule has 2 saturated heterocycles. The summed E-state index contributed by atoms with van der Waals surface area (Å²) < 4.78 is 24.9. The average Bonchev–Trinajstić information content (AvgIpc) is 3.60. The smallest absolute Gasteiger partial charge is 0.348 e. The zero-order valence-electron chi connectivity index (χ0n) is 37.6. The first kappa shape index (κ1) is 40.4. The monoisotopic (exact) mass is 864 g/mol. The van der Waals surface area contributed by atoms with Crippen molar-refractivity contribution in [2.24, 2.45) is 47.3 Å². The fourth-order valence-electron chi connectivity index (χ4n) is 15.3. The van der Waals surface area contributed by atoms with Crippen LogP contribution in [0.4, 0.5) is 11.4 Å². The number of unbranched alkanes of at least 4 members (excludes halogenated alkanes) is 1. The van der Waals surface area contributed by atoms with Crippen LogP contribution >= 0.6 is 0 Å². The summed E-state index contributed by atoms with van der Waals surface area (Å²) in [4.78, 5) is 59.7. The number of rotatable bonds is 7. The lowest BCUT2D eigenvalue weighted by atomic mass is 9.53. The van der Waals surface area contributed by atoms with Crippen LogP contribution in [0.2, 0.25) is 0 Å². The van der Waals surface area contributed by atoms with E-state index in [0.29, 0.717) is 36.8 Å². The second-order valence-corrected chi connectivity index (χ2v) is 22.2. The fourth-order valence-corrected chi connectivity index (χ4v) is 15.3. The third-order valence-corrected chi connectivity index (χ3v) is 17.9. The van der Waals surface area contributed by atoms with E-state index in [9.17, 15) is 19.2 Å². The zero-order chi connectivity index (χ0) is 43.9. The van der Waals surface area contributed by atoms with Gasteiger partial charge in [-0.1, -0.05) is 64.1 Å². The molecule has 2 aromatic rings. The van der Waals surface area contributed by atoms with Crippen molar-refractivity contribution in [2.45, 2.75) is 127 Å². The van der Waals surface area contributed by atoms with Gasteiger partial charge in [-0.15, -0.1) is 0 Å². The van der Waals surface area contributed by atoms with Crippen LogP contribution in [0.15, 0.2) is 95.4 Å². The fraction of sp³-hybridized carbons (Fsp3) is 0.556. The van der Waals surface area contributed by atoms with E-state index in [1.54, 1.807) is 12.2 Å². The van der Waals surface area contributed by atoms with Gasteiger partial charge in [-0.05, 0) is 148 Å². The normalized spacial score (nSPS) is 37.9. The van der Waals surface area contributed by atoms with Crippen molar-refractivity contribution in [3.63, 3.8) is 0 Å². The molecular formula is C54H60N2O8. The van der Waals surface area contributed by atoms with Crippen LogP contribution in [0.1, 0.15) is 116 Å². The van der Waals surface area contributed by atoms with E-state index in [2.05, 4.69) is 86.0 Å². The molecule has 10 heteroatoms. The second-order valence-electron chi connectivity index (χ2n) is 22.2. The lowest BCUT2D eigenvalue weighted by Crippen LogP contribution is -2.63. The molecule has 2 aromatic carbocycles. The number of anilines is 2. The van der Waals surface area contributed by atoms with Crippen LogP contribution < -0.4 is 9.80 Å². The number of carbonyl (C=O) groups is 4. The van der Waals surface area contributed by atoms with Gasteiger partial charge in [-0.3, -0.25) is 0 Å². The van der Waals surface area contributed by atoms with E-state index < -0.39 is 46.3 Å². The lowest BCUT2D eigenvalue weighted by molar-refractivity contribution is -0.314. The molecule has 14 rings (SSSR count). The van der Waals surface area contributed by atoms with Gasteiger partial charge in [0, 0.05) is 70.4 Å². The Balaban J connectivity index is 0.774. The molecule has 0 radical (unpaired) electrons. The maximum atomic E-state index is 13.8. The van der Waals surface area contributed by atoms with Gasteiger partial charge in [-0.2, -0.15) is 0 Å². The molecule has 12 aliphatic rings. The van der Waals surface area contributed by atoms with Crippen molar-refractivity contribution in [3.05, 3.63) is 107 Å². The van der Waals surface area contributed by atoms with Gasteiger partial charge in [-0.25, -0.2) is 19.2 Å². The predicted octanol–water partition coefficient (Wildman–Crippen LogP) is 9.49. The number of esters is 4. The van der Waals surface area contributed by atoms with E-state index in [4.69, 9.17) is 18.9 Å². The summed E-state index contributed by atoms with van der Waals surface area (Å²) in [7, 11) is 0. The number of hydrogen-bond acceptors (Lipinski definition) is 10. The number of hydrogen-bond donors (Lipinski definition) is 0. The molecule has 0 amide bonds. The third-order valence-electron chi connectivity index (χ3n) is 17.9. The number of nitrogens with zero attached hydrogens (tertiary/aromatic N) is 2. The maximum Gasteiger partial charge on any atom is 0.348 e. The Morgan fingerprint density at radius 1 is 0.469 bits per heavy atom. The number of fused-ring (bicyclic) bond motifs is 2. The van der Waals surface area contributed by atoms with Gasteiger partial charge in [0.2, 0.25) is 0 Å². The van der Waals surface area contributed by atoms with Crippen molar-refractivity contribution >= 4 is 35.3 Å². The number of para-hydroxylation sites is 2. The highest BCUT2D eigenvalue weighted by Crippen LogP contribution is 2.62. The van der Waals surface area contributed by atoms with E-state index in [1.807, 2.05) is 12.2 Å². The largest absolute Gasteiger partial charge is 0.418 e. The second kappa shape index (κ2) is 14.2. The maximum absolute atomic E-state index is 13.8. The Labute approximate surface area is 376 Å². The van der Waals surface area contributed by atoms with Crippen molar-refractivity contribution in [2.75, 3.05) is 22.9 Å². The summed E-state index contributed by atoms with van der Waals surface area (Å²) in [5.41, 5.74) is 5.70. The van der Waals surface area contributed by atoms with Crippen LogP contribution in [0, 0.1) is 47.3 Å². The highest BCUT2D eigenvalue weighted by molar-refractivity contribution is 6.16. The first-order valence-electron chi connectivity index (χ1n) is 24.3. The van der Waals surface area contributed by atoms with E-state index in [0.717, 1.165) is 87.0 Å². The van der Waals surface area contributed by atoms with E-state index >= 15 is 0 Å². The van der Waals surface area contributed by atoms with E-state index in [1.165, 1.54) is 24.0 Å². The van der Waals surface area contributed by atoms with Crippen LogP contribution in [-0.4, -0.2) is 48.5 Å². The van der Waals surface area contributed by atoms with Crippen LogP contribution in [0.3, 0.4) is 0 Å². The van der Waals surface area contributed by atoms with Crippen LogP contribution in [-0.2, 0) is 49.0 Å². The van der Waals surface area contributed by atoms with E-state index in [-0.39, 0.29) is 34.8 Å². The van der Waals surface area contributed by atoms with Gasteiger partial charge >= 0.3 is 23.9 Å². The molecule has 64 heavy (non-hydrogen) atoms. The minimum atomic E-state index is -1.11. The van der Waals surface area contributed by atoms with Gasteiger partial charge < -0.3 is 28.7 Å². The topological polar surface area (TPSA) is 112 Å². The molecule has 8 bridgehead atoms. The predicted molar refractivity (Wildman–Crippen MR) is 239 cm³/mol. The Kier molecular flexibility index (Phi) is 8.96. The summed E-state index contributed by atoms with van der Waals surface area (Å²) in [6.07, 6.45) is 19.0. The Hall–Kier alpha value is -5.12. The van der Waals surface area contributed by atoms with Gasteiger partial charge in [0.25, 0.3) is 11.6 Å². The molecule has 8 aliphatic carbocycles. The minimum absolute atomic E-state index is 0.0506. The minimum Gasteiger partial charge on any atom is -0.418 e. The summed E-state index contributed by atoms with van der Waals surface area (Å²) in [6, 6.07) is 16.8. The molecular weight excluding hydrogens is 805 g/mol. The molecule has 0 atom stereocenters. The molecule has 10 fully saturated rings. The van der Waals surface area contributed by atoms with Crippen molar-refractivity contribution < 1.29 is 38.1 Å². The SMILES string of the molecule is CC1(C)C(=CC=C2C(=O)OC3(OC2=O)C2CC4CC(C2)CC3C4)N(CCCCN2C(=CC=C3C(=O)OC4(OC3=O)C3CC5CC(C3)CC4C5)C(C)(C)c3ccccc32)c2ccccc21. The van der Waals surface area contributed by atoms with Crippen molar-refractivity contribution in [1.29, 1.82) is 0 Å². The van der Waals surface area contributed by atoms with Gasteiger partial charge in [0.15, 0.2) is 0 Å². The number of allylic oxidation sites excluding steroid dienone is 6. The van der Waals surface area contributed by atoms with Crippen molar-refractivity contribution in [1.82, 2.24) is 0 Å². The highest BCUT2D eigenvalue weighted by Gasteiger charge is 2.66. The van der Waals surface area contributed by atoms with Crippen LogP contribution in [0.25, 0.3) is 0 Å². The summed E-state index contributed by atoms with van der Waals surface area (Å²) in [5.74, 6) is -1.55. The van der Waals surface area contributed by atoms with Gasteiger partial charge in [0.1, 0.15) is 11.1 Å². The zero-order valence-corrected chi connectivity index (χ0v) is 37.6. The first-order valence-corrected chi connectivity index (χ1v) is 24.3. The molecule has 10 nitrogen and oxygen atoms in total. The third kappa shape index (κ3) is 5.87. The van der Waals surface area contributed by atoms with Crippen molar-refractivity contribution in [3.8, 4) is 0 Å². The highest BCUT2D eigenvalue weighted by atomic mass is 16.8. The van der Waals surface area contributed by atoms with Gasteiger partial charge in [0.05, 0.1) is 0 Å². The molecule has 4 aliphatic heterocycles. The summed E-state index contributed by atoms with van der Waals surface area (Å²) in [6.45, 7) is 10.2. The number of ether oxygens (including phenoxy) is 4. The molecule has 0 aromatic heterocycles. The molecule has 4 heterocycles. The average molecular weight is 865 g/mol. The summed E-state index contributed by atoms with van der Waals surface area (Å²) in [5, 5.41) is 0. The quantitative estimate of drug-likeness (QED) is 0.116. The molecule has 0 unspecified atom stereocenters. The Morgan fingerprint density at radius 2 is 0.781 bits per heavy atom. The molecule has 334 valence electrons. The summed E-state index contributed by atoms with van der Waals surface area (Å²) >= 11 is 0. The molecule has 8 saturated carbocycles. The lowest BCUT2D eigenvalue weighted by Gasteiger charge is -2.59. The standard InChI is InChI=1S/C54H60N2O8/c1-51(2)41-11-5-7-13-43(41)55(45(51)17-15-39-47(57)61-53(62-48(39)58)35-23-31-21-32(25-35)26-36(53)24-31)19-9-10-20-56-44-14-8-6-12-42(44)52(3,4)46(56)18-16-40-49(59)63-54(64-50(40)60)37-27-33-22-34(29-37)30-38(54)28-33/h5-8,11-18,31-38H,9-10,19-30H2,1-4H3. The molecule has 0 N–H and O–H groups in total. The van der Waals surface area contributed by atoms with Crippen LogP contribution in [0.5, 0.6) is 0 Å². The number of benzene rings is 2. The Morgan fingerprint density at radius 3 is 1.11 bits per heavy atom.